The maximum absolute atomic E-state index is 12.9. The van der Waals surface area contributed by atoms with Gasteiger partial charge in [0.25, 0.3) is 0 Å². The van der Waals surface area contributed by atoms with Crippen molar-refractivity contribution in [1.82, 2.24) is 0 Å². The average molecular weight is 200 g/mol. The van der Waals surface area contributed by atoms with Crippen LogP contribution in [0.1, 0.15) is 5.56 Å². The largest absolute Gasteiger partial charge is 0.507 e. The normalized spacial score (nSPS) is 10.7. The highest BCUT2D eigenvalue weighted by Gasteiger charge is 2.07. The molecule has 0 amide bonds. The summed E-state index contributed by atoms with van der Waals surface area (Å²) in [5.41, 5.74) is -0.353. The Morgan fingerprint density at radius 2 is 2.00 bits per heavy atom. The van der Waals surface area contributed by atoms with E-state index in [1.807, 2.05) is 0 Å². The second kappa shape index (κ2) is 3.87. The molecule has 0 aromatic heterocycles. The molecular weight excluding hydrogens is 194 g/mol. The van der Waals surface area contributed by atoms with E-state index in [4.69, 9.17) is 10.2 Å². The number of carboxylic acid groups (broad SMARTS) is 1. The Labute approximate surface area is 77.9 Å². The third kappa shape index (κ3) is 2.29. The number of benzene rings is 1. The van der Waals surface area contributed by atoms with E-state index in [9.17, 15) is 13.6 Å². The van der Waals surface area contributed by atoms with E-state index in [0.717, 1.165) is 6.08 Å². The van der Waals surface area contributed by atoms with Crippen LogP contribution in [0.25, 0.3) is 6.08 Å². The van der Waals surface area contributed by atoms with Crippen LogP contribution in [-0.4, -0.2) is 16.2 Å². The van der Waals surface area contributed by atoms with Crippen molar-refractivity contribution in [2.75, 3.05) is 0 Å². The minimum Gasteiger partial charge on any atom is -0.507 e. The Hall–Kier alpha value is -1.91. The Bertz CT molecular complexity index is 376. The maximum atomic E-state index is 12.9. The lowest BCUT2D eigenvalue weighted by atomic mass is 10.1. The van der Waals surface area contributed by atoms with Gasteiger partial charge in [0.15, 0.2) is 0 Å². The second-order valence-electron chi connectivity index (χ2n) is 2.49. The fourth-order valence-electron chi connectivity index (χ4n) is 0.891. The van der Waals surface area contributed by atoms with Crippen molar-refractivity contribution in [3.8, 4) is 5.75 Å². The third-order valence-corrected chi connectivity index (χ3v) is 1.47. The van der Waals surface area contributed by atoms with E-state index in [0.29, 0.717) is 18.2 Å². The van der Waals surface area contributed by atoms with Crippen molar-refractivity contribution in [1.29, 1.82) is 0 Å². The van der Waals surface area contributed by atoms with Crippen LogP contribution in [0.4, 0.5) is 8.78 Å². The summed E-state index contributed by atoms with van der Waals surface area (Å²) < 4.78 is 25.4. The van der Waals surface area contributed by atoms with Gasteiger partial charge in [0.2, 0.25) is 0 Å². The summed E-state index contributed by atoms with van der Waals surface area (Å²) in [7, 11) is 0. The molecule has 74 valence electrons. The number of phenols is 1. The summed E-state index contributed by atoms with van der Waals surface area (Å²) in [5, 5.41) is 17.3. The van der Waals surface area contributed by atoms with Crippen molar-refractivity contribution in [2.24, 2.45) is 0 Å². The quantitative estimate of drug-likeness (QED) is 0.715. The van der Waals surface area contributed by atoms with E-state index in [-0.39, 0.29) is 5.56 Å². The van der Waals surface area contributed by atoms with Crippen molar-refractivity contribution in [2.45, 2.75) is 0 Å². The number of halogens is 2. The molecule has 1 aromatic rings. The highest BCUT2D eigenvalue weighted by atomic mass is 19.1. The summed E-state index contributed by atoms with van der Waals surface area (Å²) in [6.45, 7) is 0. The standard InChI is InChI=1S/C9H6F2O3/c10-5-3-7(11)6(8(12)4-5)1-2-9(13)14/h1-4,12H,(H,13,14). The lowest BCUT2D eigenvalue weighted by Gasteiger charge is -2.00. The molecule has 0 aliphatic carbocycles. The van der Waals surface area contributed by atoms with Gasteiger partial charge >= 0.3 is 5.97 Å². The van der Waals surface area contributed by atoms with Gasteiger partial charge in [-0.2, -0.15) is 0 Å². The first-order valence-electron chi connectivity index (χ1n) is 3.59. The van der Waals surface area contributed by atoms with Crippen LogP contribution in [-0.2, 0) is 4.79 Å². The zero-order chi connectivity index (χ0) is 10.7. The predicted octanol–water partition coefficient (Wildman–Crippen LogP) is 1.77. The Balaban J connectivity index is 3.15. The molecule has 0 aliphatic heterocycles. The number of phenolic OH excluding ortho intramolecular Hbond substituents is 1. The highest BCUT2D eigenvalue weighted by molar-refractivity contribution is 5.85. The van der Waals surface area contributed by atoms with E-state index in [1.165, 1.54) is 0 Å². The van der Waals surface area contributed by atoms with Crippen LogP contribution in [0.5, 0.6) is 5.75 Å². The van der Waals surface area contributed by atoms with Crippen LogP contribution in [0, 0.1) is 11.6 Å². The lowest BCUT2D eigenvalue weighted by molar-refractivity contribution is -0.131. The zero-order valence-corrected chi connectivity index (χ0v) is 6.87. The van der Waals surface area contributed by atoms with Crippen LogP contribution < -0.4 is 0 Å². The molecule has 0 aliphatic rings. The molecule has 0 atom stereocenters. The number of aliphatic carboxylic acids is 1. The monoisotopic (exact) mass is 200 g/mol. The first-order valence-corrected chi connectivity index (χ1v) is 3.59. The minimum absolute atomic E-state index is 0.353. The van der Waals surface area contributed by atoms with Gasteiger partial charge in [0, 0.05) is 18.2 Å². The van der Waals surface area contributed by atoms with E-state index < -0.39 is 23.4 Å². The maximum Gasteiger partial charge on any atom is 0.328 e. The molecule has 0 bridgehead atoms. The number of rotatable bonds is 2. The molecular formula is C9H6F2O3. The molecule has 0 heterocycles. The van der Waals surface area contributed by atoms with Crippen molar-refractivity contribution < 1.29 is 23.8 Å². The lowest BCUT2D eigenvalue weighted by Crippen LogP contribution is -1.89. The third-order valence-electron chi connectivity index (χ3n) is 1.47. The Morgan fingerprint density at radius 1 is 1.36 bits per heavy atom. The molecule has 1 aromatic carbocycles. The Morgan fingerprint density at radius 3 is 2.50 bits per heavy atom. The molecule has 0 unspecified atom stereocenters. The van der Waals surface area contributed by atoms with E-state index >= 15 is 0 Å². The Kier molecular flexibility index (Phi) is 2.81. The smallest absolute Gasteiger partial charge is 0.328 e. The number of hydrogen-bond donors (Lipinski definition) is 2. The van der Waals surface area contributed by atoms with Gasteiger partial charge in [0.1, 0.15) is 17.4 Å². The van der Waals surface area contributed by atoms with Gasteiger partial charge in [-0.15, -0.1) is 0 Å². The van der Waals surface area contributed by atoms with Crippen LogP contribution in [0.2, 0.25) is 0 Å². The van der Waals surface area contributed by atoms with Gasteiger partial charge in [-0.3, -0.25) is 0 Å². The molecule has 0 spiro atoms. The van der Waals surface area contributed by atoms with E-state index in [2.05, 4.69) is 0 Å². The molecule has 2 N–H and O–H groups in total. The van der Waals surface area contributed by atoms with Crippen molar-refractivity contribution in [3.63, 3.8) is 0 Å². The SMILES string of the molecule is O=C(O)C=Cc1c(O)cc(F)cc1F. The molecule has 3 nitrogen and oxygen atoms in total. The molecule has 0 radical (unpaired) electrons. The number of carboxylic acids is 1. The van der Waals surface area contributed by atoms with Gasteiger partial charge in [0.05, 0.1) is 5.56 Å². The summed E-state index contributed by atoms with van der Waals surface area (Å²) in [5.74, 6) is -3.86. The van der Waals surface area contributed by atoms with Crippen LogP contribution >= 0.6 is 0 Å². The van der Waals surface area contributed by atoms with Crippen molar-refractivity contribution >= 4 is 12.0 Å². The topological polar surface area (TPSA) is 57.5 Å². The summed E-state index contributed by atoms with van der Waals surface area (Å²) in [4.78, 5) is 10.1. The summed E-state index contributed by atoms with van der Waals surface area (Å²) >= 11 is 0. The zero-order valence-electron chi connectivity index (χ0n) is 6.87. The number of carbonyl (C=O) groups is 1. The minimum atomic E-state index is -1.28. The fourth-order valence-corrected chi connectivity index (χ4v) is 0.891. The van der Waals surface area contributed by atoms with Crippen LogP contribution in [0.3, 0.4) is 0 Å². The predicted molar refractivity (Wildman–Crippen MR) is 44.7 cm³/mol. The molecule has 0 saturated heterocycles. The van der Waals surface area contributed by atoms with Crippen LogP contribution in [0.15, 0.2) is 18.2 Å². The second-order valence-corrected chi connectivity index (χ2v) is 2.49. The molecule has 0 saturated carbocycles. The first-order chi connectivity index (χ1) is 6.50. The fraction of sp³-hybridized carbons (Fsp3) is 0. The summed E-state index contributed by atoms with van der Waals surface area (Å²) in [6, 6.07) is 1.26. The van der Waals surface area contributed by atoms with Gasteiger partial charge in [-0.1, -0.05) is 0 Å². The van der Waals surface area contributed by atoms with Gasteiger partial charge < -0.3 is 10.2 Å². The summed E-state index contributed by atoms with van der Waals surface area (Å²) in [6.07, 6.45) is 1.50. The van der Waals surface area contributed by atoms with Gasteiger partial charge in [-0.25, -0.2) is 13.6 Å². The number of hydrogen-bond acceptors (Lipinski definition) is 2. The van der Waals surface area contributed by atoms with Gasteiger partial charge in [-0.05, 0) is 6.08 Å². The van der Waals surface area contributed by atoms with E-state index in [1.54, 1.807) is 0 Å². The van der Waals surface area contributed by atoms with Crippen molar-refractivity contribution in [3.05, 3.63) is 35.4 Å². The molecule has 14 heavy (non-hydrogen) atoms. The molecule has 0 fully saturated rings. The molecule has 5 heteroatoms. The highest BCUT2D eigenvalue weighted by Crippen LogP contribution is 2.23. The average Bonchev–Trinajstić information content (AvgIpc) is 2.01. The number of aromatic hydroxyl groups is 1. The molecule has 1 rings (SSSR count). The first kappa shape index (κ1) is 10.2.